The van der Waals surface area contributed by atoms with E-state index < -0.39 is 22.8 Å². The van der Waals surface area contributed by atoms with E-state index in [9.17, 15) is 14.7 Å². The SMILES string of the molecule is CCC(C(C)=O)[C@H]1CC[C@H](C)C([C@@H](C)C(C)[C@H](C)C(=O)[C@H](CC)[C@H]2O[C@]3(C=C[CH-][C@]4(CC[C@@](C)([C@H]5CC[C@](O)(CC)[C@H](C)O5)O4)O3)[C@H](C)C[C@@H]2C)O1.[Y]. The van der Waals surface area contributed by atoms with Gasteiger partial charge in [0.05, 0.1) is 41.7 Å². The van der Waals surface area contributed by atoms with Gasteiger partial charge in [-0.2, -0.15) is 12.5 Å². The van der Waals surface area contributed by atoms with Gasteiger partial charge in [-0.3, -0.25) is 9.59 Å². The van der Waals surface area contributed by atoms with Crippen LogP contribution in [0.5, 0.6) is 0 Å². The molecule has 4 saturated heterocycles. The molecule has 0 saturated carbocycles. The van der Waals surface area contributed by atoms with Crippen molar-refractivity contribution >= 4 is 11.6 Å². The molecular weight excluding hydrogens is 745 g/mol. The molecule has 17 atom stereocenters. The van der Waals surface area contributed by atoms with Crippen LogP contribution in [0.3, 0.4) is 0 Å². The number of ether oxygens (including phenoxy) is 5. The zero-order chi connectivity index (χ0) is 38.4. The van der Waals surface area contributed by atoms with E-state index in [1.165, 1.54) is 0 Å². The van der Waals surface area contributed by atoms with Crippen LogP contribution in [0, 0.1) is 53.8 Å². The predicted octanol–water partition coefficient (Wildman–Crippen LogP) is 8.81. The monoisotopic (exact) mass is 818 g/mol. The number of Topliss-reactive ketones (excluding diaryl/α,β-unsaturated/α-hetero) is 2. The Bertz CT molecular complexity index is 1290. The number of rotatable bonds is 12. The van der Waals surface area contributed by atoms with Crippen LogP contribution in [0.25, 0.3) is 0 Å². The summed E-state index contributed by atoms with van der Waals surface area (Å²) < 4.78 is 34.3. The van der Waals surface area contributed by atoms with E-state index in [0.717, 1.165) is 38.5 Å². The molecule has 1 N–H and O–H groups in total. The number of carbonyl (C=O) groups excluding carboxylic acids is 2. The van der Waals surface area contributed by atoms with Crippen LogP contribution in [0.15, 0.2) is 12.2 Å². The number of aliphatic hydroxyl groups is 1. The molecule has 5 heterocycles. The first kappa shape index (κ1) is 45.5. The molecule has 8 nitrogen and oxygen atoms in total. The van der Waals surface area contributed by atoms with Crippen molar-refractivity contribution in [3.05, 3.63) is 18.6 Å². The molecule has 0 aliphatic carbocycles. The van der Waals surface area contributed by atoms with Gasteiger partial charge in [-0.15, -0.1) is 0 Å². The molecule has 3 unspecified atom stereocenters. The number of ketones is 2. The number of hydrogen-bond acceptors (Lipinski definition) is 8. The van der Waals surface area contributed by atoms with Gasteiger partial charge in [0, 0.05) is 50.5 Å². The second-order valence-corrected chi connectivity index (χ2v) is 18.3. The summed E-state index contributed by atoms with van der Waals surface area (Å²) in [4.78, 5) is 27.0. The summed E-state index contributed by atoms with van der Waals surface area (Å²) in [5.41, 5.74) is -1.37. The Hall–Kier alpha value is -0.186. The summed E-state index contributed by atoms with van der Waals surface area (Å²) in [6.45, 7) is 25.2. The van der Waals surface area contributed by atoms with Crippen LogP contribution in [-0.2, 0) is 66.0 Å². The van der Waals surface area contributed by atoms with Gasteiger partial charge in [-0.25, -0.2) is 6.08 Å². The smallest absolute Gasteiger partial charge is 0.141 e. The standard InChI is InChI=1S/C44H73O8.Y/c1-13-34(32(10)45)36-18-17-26(4)39(49-36)31(9)29(7)30(8)38(46)35(14-2)40-27(5)25-28(6)44(50-40)21-16-20-43(52-44)24-23-41(12,51-43)37-19-22-42(47,15-3)33(11)48-37;/h16,20-21,26-31,33-37,39-40,47H,13-15,17-19,22-25H2,1-12H3;/q-1;/t26-,27-,28+,29?,30-,31-,33-,34?,35-,36+,37+,39?,40-,41-,42+,43+,44-;/m0./s1. The molecule has 9 heteroatoms. The largest absolute Gasteiger partial charge is 0.387 e. The van der Waals surface area contributed by atoms with E-state index in [2.05, 4.69) is 62.3 Å². The Kier molecular flexibility index (Phi) is 15.2. The second kappa shape index (κ2) is 17.8. The van der Waals surface area contributed by atoms with Crippen molar-refractivity contribution in [1.29, 1.82) is 0 Å². The van der Waals surface area contributed by atoms with Crippen molar-refractivity contribution < 1.29 is 71.1 Å². The maximum atomic E-state index is 14.6. The van der Waals surface area contributed by atoms with Crippen molar-refractivity contribution in [1.82, 2.24) is 0 Å². The zero-order valence-corrected chi connectivity index (χ0v) is 38.0. The first-order valence-corrected chi connectivity index (χ1v) is 21.1. The molecule has 0 aromatic carbocycles. The van der Waals surface area contributed by atoms with E-state index in [4.69, 9.17) is 23.7 Å². The van der Waals surface area contributed by atoms with Gasteiger partial charge in [-0.1, -0.05) is 62.3 Å². The van der Waals surface area contributed by atoms with E-state index in [0.29, 0.717) is 31.6 Å². The van der Waals surface area contributed by atoms with Crippen LogP contribution in [0.2, 0.25) is 0 Å². The molecular formula is C44H73O8Y-. The van der Waals surface area contributed by atoms with E-state index >= 15 is 0 Å². The molecule has 0 aromatic heterocycles. The average molecular weight is 819 g/mol. The average Bonchev–Trinajstić information content (AvgIpc) is 3.43. The van der Waals surface area contributed by atoms with Gasteiger partial charge >= 0.3 is 0 Å². The van der Waals surface area contributed by atoms with Crippen LogP contribution in [0.1, 0.15) is 147 Å². The number of hydrogen-bond donors (Lipinski definition) is 1. The normalized spacial score (nSPS) is 44.4. The van der Waals surface area contributed by atoms with Crippen LogP contribution in [-0.4, -0.2) is 70.0 Å². The molecule has 53 heavy (non-hydrogen) atoms. The van der Waals surface area contributed by atoms with Crippen LogP contribution >= 0.6 is 0 Å². The maximum Gasteiger partial charge on any atom is 0.141 e. The van der Waals surface area contributed by atoms with Gasteiger partial charge in [0.2, 0.25) is 0 Å². The molecule has 5 rings (SSSR count). The number of carbonyl (C=O) groups is 2. The molecule has 0 aromatic rings. The molecule has 5 aliphatic heterocycles. The maximum absolute atomic E-state index is 14.6. The Balaban J connectivity index is 0.00000627. The summed E-state index contributed by atoms with van der Waals surface area (Å²) >= 11 is 0. The first-order valence-electron chi connectivity index (χ1n) is 21.1. The zero-order valence-electron chi connectivity index (χ0n) is 35.2. The summed E-state index contributed by atoms with van der Waals surface area (Å²) in [7, 11) is 0. The van der Waals surface area contributed by atoms with Crippen LogP contribution in [0.4, 0.5) is 0 Å². The second-order valence-electron chi connectivity index (χ2n) is 18.3. The third-order valence-corrected chi connectivity index (χ3v) is 14.9. The molecule has 4 fully saturated rings. The fourth-order valence-corrected chi connectivity index (χ4v) is 10.7. The third-order valence-electron chi connectivity index (χ3n) is 14.9. The summed E-state index contributed by atoms with van der Waals surface area (Å²) in [6.07, 6.45) is 13.2. The minimum Gasteiger partial charge on any atom is -0.387 e. The van der Waals surface area contributed by atoms with Crippen molar-refractivity contribution in [3.63, 3.8) is 0 Å². The minimum atomic E-state index is -1.01. The summed E-state index contributed by atoms with van der Waals surface area (Å²) in [5, 5.41) is 11.0. The molecule has 301 valence electrons. The molecule has 0 amide bonds. The van der Waals surface area contributed by atoms with E-state index in [-0.39, 0.29) is 116 Å². The van der Waals surface area contributed by atoms with Gasteiger partial charge in [0.1, 0.15) is 23.1 Å². The minimum absolute atomic E-state index is 0. The molecule has 2 spiro atoms. The molecule has 1 radical (unpaired) electrons. The fourth-order valence-electron chi connectivity index (χ4n) is 10.7. The Morgan fingerprint density at radius 3 is 2.17 bits per heavy atom. The topological polar surface area (TPSA) is 101 Å². The van der Waals surface area contributed by atoms with Crippen molar-refractivity contribution in [2.24, 2.45) is 47.3 Å². The molecule has 5 aliphatic rings. The van der Waals surface area contributed by atoms with E-state index in [1.54, 1.807) is 6.92 Å². The van der Waals surface area contributed by atoms with E-state index in [1.807, 2.05) is 32.4 Å². The van der Waals surface area contributed by atoms with Gasteiger partial charge in [0.15, 0.2) is 0 Å². The quantitative estimate of drug-likeness (QED) is 0.195. The Morgan fingerprint density at radius 2 is 1.57 bits per heavy atom. The van der Waals surface area contributed by atoms with Crippen molar-refractivity contribution in [3.8, 4) is 0 Å². The van der Waals surface area contributed by atoms with Crippen LogP contribution < -0.4 is 0 Å². The Morgan fingerprint density at radius 1 is 0.887 bits per heavy atom. The predicted molar refractivity (Wildman–Crippen MR) is 203 cm³/mol. The van der Waals surface area contributed by atoms with Crippen molar-refractivity contribution in [2.75, 3.05) is 0 Å². The Labute approximate surface area is 347 Å². The summed E-state index contributed by atoms with van der Waals surface area (Å²) in [6, 6.07) is 0. The van der Waals surface area contributed by atoms with Crippen molar-refractivity contribution in [2.45, 2.75) is 201 Å². The summed E-state index contributed by atoms with van der Waals surface area (Å²) in [5.74, 6) is -1.15. The fraction of sp³-hybridized carbons (Fsp3) is 0.886. The van der Waals surface area contributed by atoms with Gasteiger partial charge in [-0.05, 0) is 115 Å². The molecule has 0 bridgehead atoms. The first-order chi connectivity index (χ1) is 24.4. The van der Waals surface area contributed by atoms with Gasteiger partial charge in [0.25, 0.3) is 0 Å². The third kappa shape index (κ3) is 8.96. The van der Waals surface area contributed by atoms with Gasteiger partial charge < -0.3 is 28.8 Å².